The van der Waals surface area contributed by atoms with E-state index in [1.807, 2.05) is 6.92 Å². The van der Waals surface area contributed by atoms with Crippen LogP contribution < -0.4 is 0 Å². The number of aliphatic hydroxyl groups excluding tert-OH is 4. The number of rotatable bonds is 5. The van der Waals surface area contributed by atoms with Gasteiger partial charge in [-0.25, -0.2) is 4.79 Å². The number of aliphatic carboxylic acids is 1. The number of carboxylic acid groups (broad SMARTS) is 1. The van der Waals surface area contributed by atoms with Crippen LogP contribution in [0.3, 0.4) is 0 Å². The zero-order chi connectivity index (χ0) is 27.8. The van der Waals surface area contributed by atoms with Crippen LogP contribution in [0, 0.1) is 34.5 Å². The third-order valence-corrected chi connectivity index (χ3v) is 11.2. The Morgan fingerprint density at radius 1 is 1.03 bits per heavy atom. The van der Waals surface area contributed by atoms with Crippen molar-refractivity contribution in [1.29, 1.82) is 0 Å². The van der Waals surface area contributed by atoms with E-state index in [1.165, 1.54) is 0 Å². The van der Waals surface area contributed by atoms with Gasteiger partial charge >= 0.3 is 5.97 Å². The van der Waals surface area contributed by atoms with Crippen LogP contribution in [-0.4, -0.2) is 97.2 Å². The third-order valence-electron chi connectivity index (χ3n) is 11.2. The second-order valence-electron chi connectivity index (χ2n) is 12.8. The lowest BCUT2D eigenvalue weighted by molar-refractivity contribution is -0.309. The number of carbonyl (C=O) groups is 3. The molecule has 1 saturated heterocycles. The van der Waals surface area contributed by atoms with Gasteiger partial charge in [-0.15, -0.1) is 0 Å². The molecule has 0 unspecified atom stereocenters. The van der Waals surface area contributed by atoms with Gasteiger partial charge in [0.1, 0.15) is 36.3 Å². The van der Waals surface area contributed by atoms with Gasteiger partial charge in [-0.1, -0.05) is 13.8 Å². The van der Waals surface area contributed by atoms with Crippen LogP contribution in [0.15, 0.2) is 0 Å². The van der Waals surface area contributed by atoms with E-state index in [0.29, 0.717) is 25.7 Å². The average molecular weight is 541 g/mol. The van der Waals surface area contributed by atoms with E-state index in [-0.39, 0.29) is 53.8 Å². The van der Waals surface area contributed by atoms with Gasteiger partial charge in [0.25, 0.3) is 0 Å². The number of aliphatic hydroxyl groups is 5. The van der Waals surface area contributed by atoms with E-state index < -0.39 is 60.1 Å². The Balaban J connectivity index is 1.31. The molecular weight excluding hydrogens is 500 g/mol. The van der Waals surface area contributed by atoms with Crippen molar-refractivity contribution in [2.45, 2.75) is 108 Å². The number of carbonyl (C=O) groups excluding carboxylic acids is 2. The summed E-state index contributed by atoms with van der Waals surface area (Å²) >= 11 is 0. The van der Waals surface area contributed by atoms with E-state index in [0.717, 1.165) is 12.8 Å². The number of Topliss-reactive ketones (excluding diaryl/α,β-unsaturated/α-hetero) is 2. The van der Waals surface area contributed by atoms with Gasteiger partial charge in [0, 0.05) is 17.8 Å². The summed E-state index contributed by atoms with van der Waals surface area (Å²) in [4.78, 5) is 37.8. The molecule has 214 valence electrons. The maximum atomic E-state index is 13.8. The van der Waals surface area contributed by atoms with E-state index in [4.69, 9.17) is 9.47 Å². The van der Waals surface area contributed by atoms with Crippen molar-refractivity contribution in [2.24, 2.45) is 34.5 Å². The van der Waals surface area contributed by atoms with E-state index >= 15 is 0 Å². The number of ketones is 2. The molecule has 11 nitrogen and oxygen atoms in total. The van der Waals surface area contributed by atoms with Gasteiger partial charge in [-0.05, 0) is 68.1 Å². The van der Waals surface area contributed by atoms with E-state index in [2.05, 4.69) is 6.92 Å². The molecule has 5 fully saturated rings. The largest absolute Gasteiger partial charge is 0.479 e. The molecular formula is C27H40O11. The highest BCUT2D eigenvalue weighted by Crippen LogP contribution is 2.67. The highest BCUT2D eigenvalue weighted by Gasteiger charge is 2.69. The Bertz CT molecular complexity index is 986. The van der Waals surface area contributed by atoms with Crippen LogP contribution in [0.1, 0.15) is 65.2 Å². The molecule has 0 aromatic carbocycles. The van der Waals surface area contributed by atoms with Crippen molar-refractivity contribution in [3.05, 3.63) is 0 Å². The molecule has 4 saturated carbocycles. The Morgan fingerprint density at radius 2 is 1.74 bits per heavy atom. The fourth-order valence-electron chi connectivity index (χ4n) is 9.10. The summed E-state index contributed by atoms with van der Waals surface area (Å²) in [5, 5.41) is 60.6. The van der Waals surface area contributed by atoms with Crippen molar-refractivity contribution < 1.29 is 54.5 Å². The maximum absolute atomic E-state index is 13.8. The molecule has 0 radical (unpaired) electrons. The summed E-state index contributed by atoms with van der Waals surface area (Å²) in [6.07, 6.45) is -4.28. The minimum Gasteiger partial charge on any atom is -0.479 e. The summed E-state index contributed by atoms with van der Waals surface area (Å²) in [6.45, 7) is 3.22. The van der Waals surface area contributed by atoms with Gasteiger partial charge in [-0.2, -0.15) is 0 Å². The monoisotopic (exact) mass is 540 g/mol. The van der Waals surface area contributed by atoms with Crippen molar-refractivity contribution in [3.8, 4) is 0 Å². The quantitative estimate of drug-likeness (QED) is 0.253. The molecule has 11 heteroatoms. The Labute approximate surface area is 221 Å². The summed E-state index contributed by atoms with van der Waals surface area (Å²) in [7, 11) is 0. The van der Waals surface area contributed by atoms with Crippen molar-refractivity contribution in [1.82, 2.24) is 0 Å². The third kappa shape index (κ3) is 3.92. The highest BCUT2D eigenvalue weighted by atomic mass is 16.7. The van der Waals surface area contributed by atoms with Crippen LogP contribution in [0.4, 0.5) is 0 Å². The Hall–Kier alpha value is -1.47. The van der Waals surface area contributed by atoms with Crippen molar-refractivity contribution in [2.75, 3.05) is 6.61 Å². The molecule has 1 heterocycles. The Morgan fingerprint density at radius 3 is 2.39 bits per heavy atom. The first-order valence-corrected chi connectivity index (χ1v) is 13.8. The van der Waals surface area contributed by atoms with Crippen LogP contribution in [0.5, 0.6) is 0 Å². The predicted octanol–water partition coefficient (Wildman–Crippen LogP) is -0.222. The lowest BCUT2D eigenvalue weighted by Gasteiger charge is -2.60. The summed E-state index contributed by atoms with van der Waals surface area (Å²) in [5.41, 5.74) is -2.90. The lowest BCUT2D eigenvalue weighted by Crippen LogP contribution is -2.63. The van der Waals surface area contributed by atoms with Crippen LogP contribution in [0.2, 0.25) is 0 Å². The first-order chi connectivity index (χ1) is 17.8. The molecule has 1 aliphatic heterocycles. The number of hydrogen-bond donors (Lipinski definition) is 6. The molecule has 0 amide bonds. The number of ether oxygens (including phenoxy) is 2. The van der Waals surface area contributed by atoms with Gasteiger partial charge in [-0.3, -0.25) is 9.59 Å². The molecule has 38 heavy (non-hydrogen) atoms. The molecule has 0 bridgehead atoms. The molecule has 0 aromatic heterocycles. The molecule has 6 N–H and O–H groups in total. The van der Waals surface area contributed by atoms with Gasteiger partial charge < -0.3 is 40.1 Å². The smallest absolute Gasteiger partial charge is 0.335 e. The first kappa shape index (κ1) is 28.1. The zero-order valence-electron chi connectivity index (χ0n) is 21.9. The fourth-order valence-corrected chi connectivity index (χ4v) is 9.10. The lowest BCUT2D eigenvalue weighted by atomic mass is 9.44. The van der Waals surface area contributed by atoms with Gasteiger partial charge in [0.05, 0.1) is 6.10 Å². The number of fused-ring (bicyclic) bond motifs is 5. The van der Waals surface area contributed by atoms with E-state index in [9.17, 15) is 45.0 Å². The topological polar surface area (TPSA) is 191 Å². The van der Waals surface area contributed by atoms with Gasteiger partial charge in [0.2, 0.25) is 0 Å². The minimum atomic E-state index is -1.78. The maximum Gasteiger partial charge on any atom is 0.335 e. The summed E-state index contributed by atoms with van der Waals surface area (Å²) in [6, 6.07) is 0. The second kappa shape index (κ2) is 9.57. The molecule has 5 rings (SSSR count). The van der Waals surface area contributed by atoms with Crippen LogP contribution in [0.25, 0.3) is 0 Å². The predicted molar refractivity (Wildman–Crippen MR) is 128 cm³/mol. The standard InChI is InChI=1S/C27H40O11/c1-25-7-5-13(37-24-21(33)19(31)20(32)22(38-24)23(34)35)9-12(25)3-4-14-15-6-8-27(36,17(30)11-28)26(15,2)10-16(29)18(14)25/h12-15,18-22,24,28,31-33,36H,3-11H2,1-2H3,(H,34,35)/t12-,13+,14-,15-,18+,19-,20-,21+,22-,24+,25-,26-,27-/m0/s1. The van der Waals surface area contributed by atoms with E-state index in [1.54, 1.807) is 0 Å². The minimum absolute atomic E-state index is 0.00380. The second-order valence-corrected chi connectivity index (χ2v) is 12.8. The zero-order valence-corrected chi connectivity index (χ0v) is 21.9. The summed E-state index contributed by atoms with van der Waals surface area (Å²) < 4.78 is 11.3. The molecule has 0 aromatic rings. The molecule has 4 aliphatic carbocycles. The van der Waals surface area contributed by atoms with Crippen LogP contribution >= 0.6 is 0 Å². The molecule has 5 aliphatic rings. The van der Waals surface area contributed by atoms with Crippen molar-refractivity contribution in [3.63, 3.8) is 0 Å². The van der Waals surface area contributed by atoms with Crippen molar-refractivity contribution >= 4 is 17.5 Å². The summed E-state index contributed by atoms with van der Waals surface area (Å²) in [5.74, 6) is -2.06. The fraction of sp³-hybridized carbons (Fsp3) is 0.889. The first-order valence-electron chi connectivity index (χ1n) is 13.8. The number of hydrogen-bond acceptors (Lipinski definition) is 10. The van der Waals surface area contributed by atoms with Gasteiger partial charge in [0.15, 0.2) is 18.2 Å². The van der Waals surface area contributed by atoms with Crippen LogP contribution in [-0.2, 0) is 23.9 Å². The highest BCUT2D eigenvalue weighted by molar-refractivity contribution is 5.92. The SMILES string of the molecule is C[C@]12CC[C@@H](O[C@@H]3O[C@H](C(=O)O)[C@@H](O)[C@H](O)[C@H]3O)C[C@@H]1CC[C@@H]1[C@@H]2C(=O)C[C@@]2(C)[C@H]1CC[C@]2(O)C(=O)CO. The normalized spacial score (nSPS) is 52.6. The average Bonchev–Trinajstić information content (AvgIpc) is 3.14. The molecule has 0 spiro atoms. The number of carboxylic acids is 1. The molecule has 13 atom stereocenters. The Kier molecular flexibility index (Phi) is 7.07.